The highest BCUT2D eigenvalue weighted by atomic mass is 32.2. The van der Waals surface area contributed by atoms with Crippen LogP contribution in [0.1, 0.15) is 29.8 Å². The van der Waals surface area contributed by atoms with Gasteiger partial charge in [0.15, 0.2) is 9.84 Å². The summed E-state index contributed by atoms with van der Waals surface area (Å²) in [5, 5.41) is 16.5. The molecule has 5 nitrogen and oxygen atoms in total. The average Bonchev–Trinajstić information content (AvgIpc) is 2.36. The Morgan fingerprint density at radius 3 is 2.56 bits per heavy atom. The Balaban J connectivity index is 3.43. The van der Waals surface area contributed by atoms with Gasteiger partial charge in [-0.2, -0.15) is 5.26 Å². The average molecular weight is 267 g/mol. The molecule has 0 fully saturated rings. The van der Waals surface area contributed by atoms with Gasteiger partial charge in [-0.1, -0.05) is 13.0 Å². The number of sulfone groups is 1. The molecule has 1 rings (SSSR count). The maximum Gasteiger partial charge on any atom is 0.336 e. The Labute approximate surface area is 106 Å². The number of hydrogen-bond acceptors (Lipinski definition) is 4. The first kappa shape index (κ1) is 14.2. The second-order valence-electron chi connectivity index (χ2n) is 3.79. The second kappa shape index (κ2) is 5.19. The molecule has 6 heteroatoms. The highest BCUT2D eigenvalue weighted by molar-refractivity contribution is 7.92. The fraction of sp³-hybridized carbons (Fsp3) is 0.333. The molecule has 0 aliphatic carbocycles. The molecule has 0 spiro atoms. The minimum Gasteiger partial charge on any atom is -0.478 e. The molecule has 1 aromatic rings. The number of aryl methyl sites for hydroxylation is 1. The van der Waals surface area contributed by atoms with Crippen molar-refractivity contribution in [3.05, 3.63) is 29.3 Å². The van der Waals surface area contributed by atoms with Gasteiger partial charge in [0.05, 0.1) is 16.5 Å². The molecule has 96 valence electrons. The Bertz CT molecular complexity index is 613. The lowest BCUT2D eigenvalue weighted by atomic mass is 10.1. The van der Waals surface area contributed by atoms with E-state index in [9.17, 15) is 13.2 Å². The van der Waals surface area contributed by atoms with E-state index in [-0.39, 0.29) is 10.5 Å². The Morgan fingerprint density at radius 2 is 2.11 bits per heavy atom. The first-order valence-electron chi connectivity index (χ1n) is 5.34. The highest BCUT2D eigenvalue weighted by Gasteiger charge is 2.24. The van der Waals surface area contributed by atoms with Gasteiger partial charge in [-0.05, 0) is 31.0 Å². The number of carboxylic acids is 1. The van der Waals surface area contributed by atoms with Gasteiger partial charge in [-0.15, -0.1) is 0 Å². The molecule has 0 bridgehead atoms. The van der Waals surface area contributed by atoms with E-state index in [0.717, 1.165) is 6.07 Å². The number of carboxylic acid groups (broad SMARTS) is 1. The topological polar surface area (TPSA) is 95.2 Å². The van der Waals surface area contributed by atoms with Gasteiger partial charge in [0.2, 0.25) is 0 Å². The van der Waals surface area contributed by atoms with Crippen LogP contribution in [0.4, 0.5) is 0 Å². The van der Waals surface area contributed by atoms with Crippen molar-refractivity contribution in [3.8, 4) is 6.07 Å². The number of benzene rings is 1. The van der Waals surface area contributed by atoms with E-state index in [0.29, 0.717) is 12.0 Å². The van der Waals surface area contributed by atoms with E-state index >= 15 is 0 Å². The summed E-state index contributed by atoms with van der Waals surface area (Å²) >= 11 is 0. The molecule has 0 amide bonds. The lowest BCUT2D eigenvalue weighted by Gasteiger charge is -2.09. The first-order valence-corrected chi connectivity index (χ1v) is 6.89. The van der Waals surface area contributed by atoms with Gasteiger partial charge >= 0.3 is 5.97 Å². The lowest BCUT2D eigenvalue weighted by Crippen LogP contribution is -2.17. The number of nitrogens with zero attached hydrogens (tertiary/aromatic N) is 1. The van der Waals surface area contributed by atoms with Crippen LogP contribution in [0.15, 0.2) is 23.1 Å². The fourth-order valence-electron chi connectivity index (χ4n) is 1.51. The van der Waals surface area contributed by atoms with Crippen molar-refractivity contribution in [2.24, 2.45) is 0 Å². The maximum atomic E-state index is 11.9. The summed E-state index contributed by atoms with van der Waals surface area (Å²) in [5.41, 5.74) is 0.523. The summed E-state index contributed by atoms with van der Waals surface area (Å²) in [5.74, 6) is -1.17. The molecule has 0 aliphatic rings. The highest BCUT2D eigenvalue weighted by Crippen LogP contribution is 2.20. The number of nitriles is 1. The molecule has 0 aromatic heterocycles. The van der Waals surface area contributed by atoms with Crippen LogP contribution in [0.2, 0.25) is 0 Å². The van der Waals surface area contributed by atoms with Gasteiger partial charge in [-0.3, -0.25) is 0 Å². The van der Waals surface area contributed by atoms with Crippen molar-refractivity contribution in [2.75, 3.05) is 0 Å². The SMILES string of the molecule is CCc1ccc(S(=O)(=O)C(C)C#N)cc1C(=O)O. The van der Waals surface area contributed by atoms with E-state index < -0.39 is 21.1 Å². The summed E-state index contributed by atoms with van der Waals surface area (Å²) in [6, 6.07) is 5.58. The second-order valence-corrected chi connectivity index (χ2v) is 6.06. The number of rotatable bonds is 4. The van der Waals surface area contributed by atoms with Crippen LogP contribution in [-0.2, 0) is 16.3 Å². The van der Waals surface area contributed by atoms with Crippen LogP contribution in [0.25, 0.3) is 0 Å². The summed E-state index contributed by atoms with van der Waals surface area (Å²) in [6.45, 7) is 3.05. The van der Waals surface area contributed by atoms with E-state index in [1.165, 1.54) is 19.1 Å². The molecule has 0 radical (unpaired) electrons. The van der Waals surface area contributed by atoms with Crippen molar-refractivity contribution in [2.45, 2.75) is 30.4 Å². The molecular formula is C12H13NO4S. The molecule has 0 heterocycles. The normalized spacial score (nSPS) is 12.7. The summed E-state index contributed by atoms with van der Waals surface area (Å²) in [6.07, 6.45) is 0.496. The summed E-state index contributed by atoms with van der Waals surface area (Å²) < 4.78 is 23.8. The van der Waals surface area contributed by atoms with Gasteiger partial charge in [0.25, 0.3) is 0 Å². The number of aromatic carboxylic acids is 1. The van der Waals surface area contributed by atoms with E-state index in [1.807, 2.05) is 0 Å². The van der Waals surface area contributed by atoms with Crippen molar-refractivity contribution in [3.63, 3.8) is 0 Å². The summed E-state index contributed by atoms with van der Waals surface area (Å²) in [4.78, 5) is 10.9. The molecule has 0 aliphatic heterocycles. The molecule has 1 N–H and O–H groups in total. The van der Waals surface area contributed by atoms with Crippen molar-refractivity contribution in [1.82, 2.24) is 0 Å². The minimum atomic E-state index is -3.79. The van der Waals surface area contributed by atoms with Gasteiger partial charge < -0.3 is 5.11 Å². The van der Waals surface area contributed by atoms with Crippen LogP contribution >= 0.6 is 0 Å². The van der Waals surface area contributed by atoms with Crippen molar-refractivity contribution in [1.29, 1.82) is 5.26 Å². The standard InChI is InChI=1S/C12H13NO4S/c1-3-9-4-5-10(6-11(9)12(14)15)18(16,17)8(2)7-13/h4-6,8H,3H2,1-2H3,(H,14,15). The van der Waals surface area contributed by atoms with Gasteiger partial charge in [-0.25, -0.2) is 13.2 Å². The van der Waals surface area contributed by atoms with Crippen molar-refractivity contribution >= 4 is 15.8 Å². The third kappa shape index (κ3) is 2.51. The van der Waals surface area contributed by atoms with Gasteiger partial charge in [0.1, 0.15) is 5.25 Å². The Kier molecular flexibility index (Phi) is 4.09. The monoisotopic (exact) mass is 267 g/mol. The fourth-order valence-corrected chi connectivity index (χ4v) is 2.60. The smallest absolute Gasteiger partial charge is 0.336 e. The van der Waals surface area contributed by atoms with E-state index in [4.69, 9.17) is 10.4 Å². The Hall–Kier alpha value is -1.87. The van der Waals surface area contributed by atoms with E-state index in [1.54, 1.807) is 13.0 Å². The van der Waals surface area contributed by atoms with Crippen LogP contribution in [-0.4, -0.2) is 24.7 Å². The van der Waals surface area contributed by atoms with Gasteiger partial charge in [0, 0.05) is 0 Å². The molecule has 18 heavy (non-hydrogen) atoms. The van der Waals surface area contributed by atoms with Crippen LogP contribution in [0.5, 0.6) is 0 Å². The molecule has 0 saturated heterocycles. The predicted octanol–water partition coefficient (Wildman–Crippen LogP) is 1.63. The molecule has 0 saturated carbocycles. The maximum absolute atomic E-state index is 11.9. The van der Waals surface area contributed by atoms with Crippen molar-refractivity contribution < 1.29 is 18.3 Å². The minimum absolute atomic E-state index is 0.0382. The van der Waals surface area contributed by atoms with Crippen LogP contribution < -0.4 is 0 Å². The largest absolute Gasteiger partial charge is 0.478 e. The third-order valence-electron chi connectivity index (χ3n) is 2.67. The predicted molar refractivity (Wildman–Crippen MR) is 65.0 cm³/mol. The number of hydrogen-bond donors (Lipinski definition) is 1. The number of carbonyl (C=O) groups is 1. The molecule has 1 atom stereocenters. The summed E-state index contributed by atoms with van der Waals surface area (Å²) in [7, 11) is -3.79. The zero-order chi connectivity index (χ0) is 13.9. The Morgan fingerprint density at radius 1 is 1.50 bits per heavy atom. The van der Waals surface area contributed by atoms with Crippen LogP contribution in [0, 0.1) is 11.3 Å². The van der Waals surface area contributed by atoms with Crippen LogP contribution in [0.3, 0.4) is 0 Å². The lowest BCUT2D eigenvalue weighted by molar-refractivity contribution is 0.0695. The van der Waals surface area contributed by atoms with E-state index in [2.05, 4.69) is 0 Å². The third-order valence-corrected chi connectivity index (χ3v) is 4.62. The molecular weight excluding hydrogens is 254 g/mol. The molecule has 1 unspecified atom stereocenters. The zero-order valence-electron chi connectivity index (χ0n) is 10.0. The first-order chi connectivity index (χ1) is 8.34. The zero-order valence-corrected chi connectivity index (χ0v) is 10.9. The molecule has 1 aromatic carbocycles. The quantitative estimate of drug-likeness (QED) is 0.894.